The van der Waals surface area contributed by atoms with Crippen molar-refractivity contribution in [2.45, 2.75) is 33.6 Å². The number of fused-ring (bicyclic) bond motifs is 1. The predicted octanol–water partition coefficient (Wildman–Crippen LogP) is 4.32. The van der Waals surface area contributed by atoms with Crippen molar-refractivity contribution in [3.8, 4) is 0 Å². The zero-order chi connectivity index (χ0) is 13.9. The van der Waals surface area contributed by atoms with Gasteiger partial charge in [0, 0.05) is 17.3 Å². The molecule has 0 aromatic carbocycles. The van der Waals surface area contributed by atoms with E-state index >= 15 is 0 Å². The Morgan fingerprint density at radius 1 is 1.37 bits per heavy atom. The maximum atomic E-state index is 5.83. The first kappa shape index (κ1) is 14.5. The van der Waals surface area contributed by atoms with Crippen molar-refractivity contribution in [2.24, 2.45) is 5.41 Å². The van der Waals surface area contributed by atoms with E-state index < -0.39 is 0 Å². The molecule has 3 nitrogen and oxygen atoms in total. The lowest BCUT2D eigenvalue weighted by Crippen LogP contribution is -2.24. The molecule has 2 aromatic heterocycles. The summed E-state index contributed by atoms with van der Waals surface area (Å²) in [7, 11) is 0. The van der Waals surface area contributed by atoms with Crippen LogP contribution in [0.5, 0.6) is 0 Å². The Bertz CT molecular complexity index is 551. The summed E-state index contributed by atoms with van der Waals surface area (Å²) in [6.45, 7) is 7.45. The number of rotatable bonds is 6. The molecule has 1 N–H and O–H groups in total. The number of hydrogen-bond donors (Lipinski definition) is 1. The smallest absolute Gasteiger partial charge is 0.138 e. The molecule has 104 valence electrons. The molecule has 2 aromatic rings. The van der Waals surface area contributed by atoms with Gasteiger partial charge < -0.3 is 5.32 Å². The van der Waals surface area contributed by atoms with Crippen molar-refractivity contribution in [1.29, 1.82) is 0 Å². The fraction of sp³-hybridized carbons (Fsp3) is 0.571. The fourth-order valence-corrected chi connectivity index (χ4v) is 3.33. The highest BCUT2D eigenvalue weighted by Gasteiger charge is 2.18. The normalized spacial score (nSPS) is 12.0. The molecular weight excluding hydrogens is 278 g/mol. The minimum atomic E-state index is 0.169. The summed E-state index contributed by atoms with van der Waals surface area (Å²) in [4.78, 5) is 11.1. The fourth-order valence-electron chi connectivity index (χ4n) is 1.89. The van der Waals surface area contributed by atoms with Gasteiger partial charge in [-0.1, -0.05) is 20.8 Å². The van der Waals surface area contributed by atoms with Gasteiger partial charge in [-0.15, -0.1) is 22.9 Å². The zero-order valence-electron chi connectivity index (χ0n) is 11.7. The molecule has 0 aliphatic carbocycles. The van der Waals surface area contributed by atoms with Crippen LogP contribution < -0.4 is 5.32 Å². The van der Waals surface area contributed by atoms with Gasteiger partial charge in [0.25, 0.3) is 0 Å². The minimum Gasteiger partial charge on any atom is -0.369 e. The summed E-state index contributed by atoms with van der Waals surface area (Å²) in [6.07, 6.45) is 3.66. The Labute approximate surface area is 123 Å². The van der Waals surface area contributed by atoms with Gasteiger partial charge in [-0.3, -0.25) is 0 Å². The van der Waals surface area contributed by atoms with Gasteiger partial charge in [0.2, 0.25) is 0 Å². The molecule has 0 unspecified atom stereocenters. The van der Waals surface area contributed by atoms with Gasteiger partial charge in [-0.05, 0) is 24.3 Å². The van der Waals surface area contributed by atoms with Crippen LogP contribution in [0.25, 0.3) is 10.2 Å². The number of halogens is 1. The summed E-state index contributed by atoms with van der Waals surface area (Å²) in [5.41, 5.74) is 0.169. The van der Waals surface area contributed by atoms with Gasteiger partial charge in [0.15, 0.2) is 0 Å². The maximum absolute atomic E-state index is 5.83. The average Bonchev–Trinajstić information content (AvgIpc) is 2.79. The molecule has 19 heavy (non-hydrogen) atoms. The van der Waals surface area contributed by atoms with E-state index in [1.54, 1.807) is 17.7 Å². The van der Waals surface area contributed by atoms with Crippen molar-refractivity contribution in [1.82, 2.24) is 9.97 Å². The third-order valence-corrected chi connectivity index (χ3v) is 4.61. The second kappa shape index (κ2) is 6.06. The Kier molecular flexibility index (Phi) is 4.63. The Balaban J connectivity index is 2.18. The van der Waals surface area contributed by atoms with Gasteiger partial charge in [0.1, 0.15) is 17.0 Å². The third-order valence-electron chi connectivity index (χ3n) is 3.23. The highest BCUT2D eigenvalue weighted by atomic mass is 35.5. The number of thiophene rings is 1. The van der Waals surface area contributed by atoms with Crippen molar-refractivity contribution < 1.29 is 0 Å². The van der Waals surface area contributed by atoms with Crippen LogP contribution in [0.4, 0.5) is 5.82 Å². The molecule has 2 rings (SSSR count). The highest BCUT2D eigenvalue weighted by molar-refractivity contribution is 7.18. The van der Waals surface area contributed by atoms with E-state index in [9.17, 15) is 0 Å². The Hall–Kier alpha value is -0.870. The van der Waals surface area contributed by atoms with E-state index in [4.69, 9.17) is 11.6 Å². The monoisotopic (exact) mass is 297 g/mol. The second-order valence-electron chi connectivity index (χ2n) is 5.46. The number of anilines is 1. The molecule has 0 bridgehead atoms. The molecule has 0 radical (unpaired) electrons. The number of nitrogens with zero attached hydrogens (tertiary/aromatic N) is 2. The molecule has 0 aliphatic rings. The number of hydrogen-bond acceptors (Lipinski definition) is 4. The van der Waals surface area contributed by atoms with Crippen LogP contribution in [0, 0.1) is 5.41 Å². The molecular formula is C14H20ClN3S. The zero-order valence-corrected chi connectivity index (χ0v) is 13.2. The molecule has 0 atom stereocenters. The van der Waals surface area contributed by atoms with E-state index in [1.165, 1.54) is 4.88 Å². The van der Waals surface area contributed by atoms with Crippen LogP contribution in [0.3, 0.4) is 0 Å². The number of aryl methyl sites for hydroxylation is 1. The van der Waals surface area contributed by atoms with Crippen molar-refractivity contribution in [2.75, 3.05) is 17.7 Å². The molecule has 0 saturated carbocycles. The molecule has 0 aliphatic heterocycles. The van der Waals surface area contributed by atoms with Crippen molar-refractivity contribution in [3.63, 3.8) is 0 Å². The van der Waals surface area contributed by atoms with Crippen molar-refractivity contribution >= 4 is 39.0 Å². The first-order valence-electron chi connectivity index (χ1n) is 6.59. The SMILES string of the molecule is CCc1cc2c(NCC(C)(C)CCCl)ncnc2s1. The van der Waals surface area contributed by atoms with E-state index in [-0.39, 0.29) is 5.41 Å². The third kappa shape index (κ3) is 3.57. The number of alkyl halides is 1. The highest BCUT2D eigenvalue weighted by Crippen LogP contribution is 2.29. The van der Waals surface area contributed by atoms with Gasteiger partial charge in [-0.25, -0.2) is 9.97 Å². The quantitative estimate of drug-likeness (QED) is 0.807. The first-order valence-corrected chi connectivity index (χ1v) is 7.94. The Morgan fingerprint density at radius 3 is 2.84 bits per heavy atom. The lowest BCUT2D eigenvalue weighted by Gasteiger charge is -2.24. The standard InChI is InChI=1S/C14H20ClN3S/c1-4-10-7-11-12(17-9-18-13(11)19-10)16-8-14(2,3)5-6-15/h7,9H,4-6,8H2,1-3H3,(H,16,17,18). The minimum absolute atomic E-state index is 0.169. The summed E-state index contributed by atoms with van der Waals surface area (Å²) in [5, 5.41) is 4.58. The summed E-state index contributed by atoms with van der Waals surface area (Å²) >= 11 is 7.58. The maximum Gasteiger partial charge on any atom is 0.138 e. The lowest BCUT2D eigenvalue weighted by atomic mass is 9.90. The number of nitrogens with one attached hydrogen (secondary N) is 1. The molecule has 0 fully saturated rings. The molecule has 0 amide bonds. The van der Waals surface area contributed by atoms with Crippen molar-refractivity contribution in [3.05, 3.63) is 17.3 Å². The Morgan fingerprint density at radius 2 is 2.16 bits per heavy atom. The van der Waals surface area contributed by atoms with Crippen LogP contribution in [0.1, 0.15) is 32.1 Å². The largest absolute Gasteiger partial charge is 0.369 e. The lowest BCUT2D eigenvalue weighted by molar-refractivity contribution is 0.379. The summed E-state index contributed by atoms with van der Waals surface area (Å²) in [6, 6.07) is 2.19. The first-order chi connectivity index (χ1) is 9.05. The van der Waals surface area contributed by atoms with Gasteiger partial charge in [0.05, 0.1) is 5.39 Å². The van der Waals surface area contributed by atoms with E-state index in [1.807, 2.05) is 0 Å². The van der Waals surface area contributed by atoms with E-state index in [0.29, 0.717) is 5.88 Å². The van der Waals surface area contributed by atoms with Crippen LogP contribution >= 0.6 is 22.9 Å². The second-order valence-corrected chi connectivity index (χ2v) is 6.96. The van der Waals surface area contributed by atoms with Gasteiger partial charge >= 0.3 is 0 Å². The molecule has 0 saturated heterocycles. The van der Waals surface area contributed by atoms with E-state index in [2.05, 4.69) is 42.1 Å². The van der Waals surface area contributed by atoms with Crippen LogP contribution in [0.2, 0.25) is 0 Å². The average molecular weight is 298 g/mol. The predicted molar refractivity (Wildman–Crippen MR) is 84.4 cm³/mol. The van der Waals surface area contributed by atoms with Gasteiger partial charge in [-0.2, -0.15) is 0 Å². The molecule has 2 heterocycles. The van der Waals surface area contributed by atoms with Crippen LogP contribution in [-0.2, 0) is 6.42 Å². The molecule has 0 spiro atoms. The molecule has 5 heteroatoms. The topological polar surface area (TPSA) is 37.8 Å². The summed E-state index contributed by atoms with van der Waals surface area (Å²) < 4.78 is 0. The number of aromatic nitrogens is 2. The van der Waals surface area contributed by atoms with E-state index in [0.717, 1.165) is 35.4 Å². The van der Waals surface area contributed by atoms with Crippen LogP contribution in [0.15, 0.2) is 12.4 Å². The van der Waals surface area contributed by atoms with Crippen LogP contribution in [-0.4, -0.2) is 22.4 Å². The summed E-state index contributed by atoms with van der Waals surface area (Å²) in [5.74, 6) is 1.62.